The van der Waals surface area contributed by atoms with E-state index in [-0.39, 0.29) is 50.0 Å². The van der Waals surface area contributed by atoms with Crippen LogP contribution in [0.2, 0.25) is 0 Å². The summed E-state index contributed by atoms with van der Waals surface area (Å²) in [5.41, 5.74) is 4.26. The molecule has 9 nitrogen and oxygen atoms in total. The van der Waals surface area contributed by atoms with E-state index in [9.17, 15) is 22.8 Å². The van der Waals surface area contributed by atoms with E-state index in [4.69, 9.17) is 9.84 Å². The molecule has 34 heavy (non-hydrogen) atoms. The van der Waals surface area contributed by atoms with Gasteiger partial charge in [-0.05, 0) is 28.7 Å². The number of alkyl carbamates (subject to hydrolysis) is 1. The normalized spacial score (nSPS) is 17.4. The van der Waals surface area contributed by atoms with Gasteiger partial charge in [-0.15, -0.1) is 0 Å². The summed E-state index contributed by atoms with van der Waals surface area (Å²) in [5, 5.41) is 11.5. The number of sulfone groups is 1. The zero-order valence-electron chi connectivity index (χ0n) is 18.5. The Balaban J connectivity index is 1.42. The summed E-state index contributed by atoms with van der Waals surface area (Å²) < 4.78 is 28.8. The van der Waals surface area contributed by atoms with Crippen LogP contribution in [-0.4, -0.2) is 73.6 Å². The Hall–Kier alpha value is -3.40. The molecule has 180 valence electrons. The summed E-state index contributed by atoms with van der Waals surface area (Å²) in [5.74, 6) is -2.08. The molecular weight excluding hydrogens is 460 g/mol. The van der Waals surface area contributed by atoms with Crippen molar-refractivity contribution in [2.24, 2.45) is 0 Å². The maximum atomic E-state index is 12.9. The molecule has 0 saturated carbocycles. The second-order valence-electron chi connectivity index (χ2n) is 8.43. The highest BCUT2D eigenvalue weighted by atomic mass is 32.2. The number of nitrogens with zero attached hydrogens (tertiary/aromatic N) is 1. The number of hydrogen-bond acceptors (Lipinski definition) is 6. The van der Waals surface area contributed by atoms with Gasteiger partial charge in [0.2, 0.25) is 5.91 Å². The Labute approximate surface area is 197 Å². The maximum Gasteiger partial charge on any atom is 0.407 e. The number of fused-ring (bicyclic) bond motifs is 3. The monoisotopic (exact) mass is 486 g/mol. The fourth-order valence-electron chi connectivity index (χ4n) is 4.46. The van der Waals surface area contributed by atoms with Gasteiger partial charge in [-0.1, -0.05) is 48.5 Å². The van der Waals surface area contributed by atoms with E-state index in [2.05, 4.69) is 5.32 Å². The quantitative estimate of drug-likeness (QED) is 0.612. The third-order valence-corrected chi connectivity index (χ3v) is 7.85. The molecule has 0 bridgehead atoms. The van der Waals surface area contributed by atoms with Crippen molar-refractivity contribution in [3.63, 3.8) is 0 Å². The molecule has 0 aromatic heterocycles. The topological polar surface area (TPSA) is 130 Å². The fourth-order valence-corrected chi connectivity index (χ4v) is 5.66. The minimum atomic E-state index is -3.19. The summed E-state index contributed by atoms with van der Waals surface area (Å²) >= 11 is 0. The predicted octanol–water partition coefficient (Wildman–Crippen LogP) is 2.02. The second-order valence-corrected chi connectivity index (χ2v) is 10.7. The molecule has 1 fully saturated rings. The van der Waals surface area contributed by atoms with Gasteiger partial charge in [0.1, 0.15) is 12.6 Å². The lowest BCUT2D eigenvalue weighted by molar-refractivity contribution is -0.138. The first kappa shape index (κ1) is 23.7. The SMILES string of the molecule is O=C(O)CCC(NC(=O)OCC1c2ccccc2-c2ccccc21)C(=O)N1CCS(=O)(=O)CC1. The smallest absolute Gasteiger partial charge is 0.407 e. The van der Waals surface area contributed by atoms with E-state index < -0.39 is 33.8 Å². The first-order chi connectivity index (χ1) is 16.2. The summed E-state index contributed by atoms with van der Waals surface area (Å²) in [6.45, 7) is 0.0792. The van der Waals surface area contributed by atoms with Crippen LogP contribution in [0.25, 0.3) is 11.1 Å². The molecule has 2 amide bonds. The molecule has 2 aromatic carbocycles. The van der Waals surface area contributed by atoms with E-state index in [1.807, 2.05) is 48.5 Å². The van der Waals surface area contributed by atoms with Gasteiger partial charge < -0.3 is 20.1 Å². The lowest BCUT2D eigenvalue weighted by atomic mass is 9.98. The van der Waals surface area contributed by atoms with E-state index in [0.717, 1.165) is 22.3 Å². The van der Waals surface area contributed by atoms with Gasteiger partial charge in [-0.2, -0.15) is 0 Å². The largest absolute Gasteiger partial charge is 0.481 e. The molecule has 1 saturated heterocycles. The van der Waals surface area contributed by atoms with Crippen molar-refractivity contribution < 1.29 is 32.6 Å². The minimum Gasteiger partial charge on any atom is -0.481 e. The average Bonchev–Trinajstić information content (AvgIpc) is 3.13. The Morgan fingerprint density at radius 3 is 2.12 bits per heavy atom. The molecule has 1 heterocycles. The third-order valence-electron chi connectivity index (χ3n) is 6.24. The Morgan fingerprint density at radius 1 is 1.00 bits per heavy atom. The van der Waals surface area contributed by atoms with Crippen LogP contribution in [0.3, 0.4) is 0 Å². The molecule has 1 aliphatic heterocycles. The Bertz CT molecular complexity index is 1150. The average molecular weight is 487 g/mol. The van der Waals surface area contributed by atoms with Crippen LogP contribution in [0.15, 0.2) is 48.5 Å². The van der Waals surface area contributed by atoms with Gasteiger partial charge in [0.15, 0.2) is 9.84 Å². The van der Waals surface area contributed by atoms with Crippen LogP contribution in [0, 0.1) is 0 Å². The highest BCUT2D eigenvalue weighted by Gasteiger charge is 2.33. The van der Waals surface area contributed by atoms with Crippen LogP contribution in [0.4, 0.5) is 4.79 Å². The van der Waals surface area contributed by atoms with Gasteiger partial charge >= 0.3 is 12.1 Å². The summed E-state index contributed by atoms with van der Waals surface area (Å²) in [6, 6.07) is 14.7. The molecule has 0 spiro atoms. The number of carbonyl (C=O) groups is 3. The van der Waals surface area contributed by atoms with Crippen molar-refractivity contribution in [3.8, 4) is 11.1 Å². The summed E-state index contributed by atoms with van der Waals surface area (Å²) in [4.78, 5) is 37.9. The number of ether oxygens (including phenoxy) is 1. The number of aliphatic carboxylic acids is 1. The maximum absolute atomic E-state index is 12.9. The van der Waals surface area contributed by atoms with Crippen molar-refractivity contribution in [3.05, 3.63) is 59.7 Å². The second kappa shape index (κ2) is 9.84. The van der Waals surface area contributed by atoms with E-state index in [0.29, 0.717) is 0 Å². The molecular formula is C24H26N2O7S. The van der Waals surface area contributed by atoms with Gasteiger partial charge in [0.05, 0.1) is 11.5 Å². The molecule has 1 atom stereocenters. The number of carboxylic acid groups (broad SMARTS) is 1. The van der Waals surface area contributed by atoms with E-state index in [1.165, 1.54) is 4.90 Å². The molecule has 10 heteroatoms. The number of carbonyl (C=O) groups excluding carboxylic acids is 2. The number of benzene rings is 2. The van der Waals surface area contributed by atoms with Gasteiger partial charge in [-0.3, -0.25) is 9.59 Å². The highest BCUT2D eigenvalue weighted by molar-refractivity contribution is 7.91. The summed E-state index contributed by atoms with van der Waals surface area (Å²) in [6.07, 6.45) is -1.27. The highest BCUT2D eigenvalue weighted by Crippen LogP contribution is 2.44. The Morgan fingerprint density at radius 2 is 1.56 bits per heavy atom. The minimum absolute atomic E-state index is 0.0110. The molecule has 1 unspecified atom stereocenters. The number of carboxylic acids is 1. The van der Waals surface area contributed by atoms with Gasteiger partial charge in [-0.25, -0.2) is 13.2 Å². The van der Waals surface area contributed by atoms with Crippen LogP contribution in [-0.2, 0) is 24.2 Å². The van der Waals surface area contributed by atoms with Crippen molar-refractivity contribution in [1.29, 1.82) is 0 Å². The van der Waals surface area contributed by atoms with Crippen molar-refractivity contribution in [2.75, 3.05) is 31.2 Å². The zero-order chi connectivity index (χ0) is 24.3. The standard InChI is InChI=1S/C24H26N2O7S/c27-22(28)10-9-21(23(29)26-11-13-34(31,32)14-12-26)25-24(30)33-15-20-18-7-3-1-5-16(18)17-6-2-4-8-19(17)20/h1-8,20-21H,9-15H2,(H,25,30)(H,27,28). The fraction of sp³-hybridized carbons (Fsp3) is 0.375. The van der Waals surface area contributed by atoms with Crippen molar-refractivity contribution in [2.45, 2.75) is 24.8 Å². The predicted molar refractivity (Wildman–Crippen MR) is 124 cm³/mol. The zero-order valence-corrected chi connectivity index (χ0v) is 19.3. The van der Waals surface area contributed by atoms with Gasteiger partial charge in [0.25, 0.3) is 0 Å². The van der Waals surface area contributed by atoms with Crippen LogP contribution >= 0.6 is 0 Å². The van der Waals surface area contributed by atoms with E-state index >= 15 is 0 Å². The number of amides is 2. The van der Waals surface area contributed by atoms with Crippen molar-refractivity contribution in [1.82, 2.24) is 10.2 Å². The van der Waals surface area contributed by atoms with Crippen LogP contribution in [0.1, 0.15) is 29.9 Å². The lowest BCUT2D eigenvalue weighted by Gasteiger charge is -2.30. The van der Waals surface area contributed by atoms with Crippen LogP contribution < -0.4 is 5.32 Å². The number of nitrogens with one attached hydrogen (secondary N) is 1. The molecule has 4 rings (SSSR count). The number of rotatable bonds is 7. The lowest BCUT2D eigenvalue weighted by Crippen LogP contribution is -2.53. The molecule has 2 N–H and O–H groups in total. The first-order valence-corrected chi connectivity index (χ1v) is 12.9. The first-order valence-electron chi connectivity index (χ1n) is 11.1. The number of hydrogen-bond donors (Lipinski definition) is 2. The van der Waals surface area contributed by atoms with E-state index in [1.54, 1.807) is 0 Å². The molecule has 2 aromatic rings. The Kier molecular flexibility index (Phi) is 6.87. The van der Waals surface area contributed by atoms with Crippen LogP contribution in [0.5, 0.6) is 0 Å². The third kappa shape index (κ3) is 5.22. The van der Waals surface area contributed by atoms with Crippen molar-refractivity contribution >= 4 is 27.8 Å². The summed E-state index contributed by atoms with van der Waals surface area (Å²) in [7, 11) is -3.19. The molecule has 1 aliphatic carbocycles. The molecule has 0 radical (unpaired) electrons. The molecule has 2 aliphatic rings. The van der Waals surface area contributed by atoms with Gasteiger partial charge in [0, 0.05) is 25.4 Å².